The highest BCUT2D eigenvalue weighted by Gasteiger charge is 2.28. The lowest BCUT2D eigenvalue weighted by molar-refractivity contribution is -0.122. The molecule has 2 heterocycles. The molecule has 1 N–H and O–H groups in total. The molecule has 1 amide bonds. The second-order valence-corrected chi connectivity index (χ2v) is 5.51. The number of nitrogens with zero attached hydrogens (tertiary/aromatic N) is 1. The van der Waals surface area contributed by atoms with Gasteiger partial charge in [-0.25, -0.2) is 4.98 Å². The SMILES string of the molecule is O=C(Nc1ccc(I)cn1)C1Cc2ccccc2O1. The van der Waals surface area contributed by atoms with E-state index < -0.39 is 6.10 Å². The largest absolute Gasteiger partial charge is 0.480 e. The molecule has 1 unspecified atom stereocenters. The highest BCUT2D eigenvalue weighted by atomic mass is 127. The number of para-hydroxylation sites is 1. The predicted molar refractivity (Wildman–Crippen MR) is 80.1 cm³/mol. The van der Waals surface area contributed by atoms with E-state index in [1.165, 1.54) is 0 Å². The third kappa shape index (κ3) is 2.70. The number of carbonyl (C=O) groups excluding carboxylic acids is 1. The third-order valence-electron chi connectivity index (χ3n) is 2.92. The normalized spacial score (nSPS) is 16.6. The molecule has 0 saturated carbocycles. The van der Waals surface area contributed by atoms with Crippen molar-refractivity contribution in [1.29, 1.82) is 0 Å². The molecule has 0 bridgehead atoms. The van der Waals surface area contributed by atoms with E-state index in [0.29, 0.717) is 12.2 Å². The van der Waals surface area contributed by atoms with E-state index in [4.69, 9.17) is 4.74 Å². The Kier molecular flexibility index (Phi) is 3.37. The Morgan fingerprint density at radius 2 is 2.16 bits per heavy atom. The van der Waals surface area contributed by atoms with Crippen LogP contribution in [0.3, 0.4) is 0 Å². The van der Waals surface area contributed by atoms with Gasteiger partial charge in [-0.3, -0.25) is 4.79 Å². The van der Waals surface area contributed by atoms with Gasteiger partial charge in [-0.05, 0) is 46.4 Å². The number of nitrogens with one attached hydrogen (secondary N) is 1. The Balaban J connectivity index is 1.68. The number of aromatic nitrogens is 1. The van der Waals surface area contributed by atoms with E-state index in [2.05, 4.69) is 32.9 Å². The summed E-state index contributed by atoms with van der Waals surface area (Å²) < 4.78 is 6.65. The van der Waals surface area contributed by atoms with Crippen LogP contribution in [0, 0.1) is 3.57 Å². The van der Waals surface area contributed by atoms with E-state index in [1.54, 1.807) is 12.3 Å². The Morgan fingerprint density at radius 1 is 1.32 bits per heavy atom. The van der Waals surface area contributed by atoms with Crippen LogP contribution in [0.5, 0.6) is 5.75 Å². The number of ether oxygens (including phenoxy) is 1. The minimum absolute atomic E-state index is 0.162. The minimum atomic E-state index is -0.474. The first kappa shape index (κ1) is 12.4. The number of amides is 1. The average molecular weight is 366 g/mol. The molecule has 0 radical (unpaired) electrons. The van der Waals surface area contributed by atoms with E-state index >= 15 is 0 Å². The van der Waals surface area contributed by atoms with Crippen molar-refractivity contribution in [3.05, 3.63) is 51.7 Å². The van der Waals surface area contributed by atoms with Gasteiger partial charge in [0, 0.05) is 16.2 Å². The number of rotatable bonds is 2. The molecule has 4 nitrogen and oxygen atoms in total. The molecule has 2 aromatic rings. The molecule has 19 heavy (non-hydrogen) atoms. The second kappa shape index (κ2) is 5.16. The molecule has 1 aliphatic rings. The summed E-state index contributed by atoms with van der Waals surface area (Å²) in [4.78, 5) is 16.2. The molecule has 0 spiro atoms. The smallest absolute Gasteiger partial charge is 0.266 e. The lowest BCUT2D eigenvalue weighted by Gasteiger charge is -2.10. The summed E-state index contributed by atoms with van der Waals surface area (Å²) in [6.07, 6.45) is 1.84. The maximum absolute atomic E-state index is 12.1. The van der Waals surface area contributed by atoms with Crippen LogP contribution in [-0.2, 0) is 11.2 Å². The van der Waals surface area contributed by atoms with Gasteiger partial charge in [0.15, 0.2) is 6.10 Å². The van der Waals surface area contributed by atoms with Crippen LogP contribution in [0.25, 0.3) is 0 Å². The molecule has 96 valence electrons. The zero-order valence-electron chi connectivity index (χ0n) is 9.97. The zero-order valence-corrected chi connectivity index (χ0v) is 12.1. The Bertz CT molecular complexity index is 588. The monoisotopic (exact) mass is 366 g/mol. The molecular formula is C14H11IN2O2. The van der Waals surface area contributed by atoms with Crippen molar-refractivity contribution in [2.75, 3.05) is 5.32 Å². The van der Waals surface area contributed by atoms with E-state index in [-0.39, 0.29) is 5.91 Å². The van der Waals surface area contributed by atoms with Gasteiger partial charge in [-0.2, -0.15) is 0 Å². The van der Waals surface area contributed by atoms with Gasteiger partial charge in [-0.1, -0.05) is 18.2 Å². The fourth-order valence-corrected chi connectivity index (χ4v) is 2.30. The van der Waals surface area contributed by atoms with Gasteiger partial charge < -0.3 is 10.1 Å². The van der Waals surface area contributed by atoms with Gasteiger partial charge in [0.05, 0.1) is 0 Å². The average Bonchev–Trinajstić information content (AvgIpc) is 2.85. The topological polar surface area (TPSA) is 51.2 Å². The molecule has 5 heteroatoms. The number of hydrogen-bond acceptors (Lipinski definition) is 3. The standard InChI is InChI=1S/C14H11IN2O2/c15-10-5-6-13(16-8-10)17-14(18)12-7-9-3-1-2-4-11(9)19-12/h1-6,8,12H,7H2,(H,16,17,18). The zero-order chi connectivity index (χ0) is 13.2. The van der Waals surface area contributed by atoms with Crippen molar-refractivity contribution in [3.8, 4) is 5.75 Å². The first-order chi connectivity index (χ1) is 9.22. The molecule has 3 rings (SSSR count). The lowest BCUT2D eigenvalue weighted by Crippen LogP contribution is -2.31. The van der Waals surface area contributed by atoms with Gasteiger partial charge in [-0.15, -0.1) is 0 Å². The van der Waals surface area contributed by atoms with E-state index in [0.717, 1.165) is 14.9 Å². The summed E-state index contributed by atoms with van der Waals surface area (Å²) in [5, 5.41) is 2.77. The molecule has 1 aromatic carbocycles. The Morgan fingerprint density at radius 3 is 2.89 bits per heavy atom. The summed E-state index contributed by atoms with van der Waals surface area (Å²) in [5.74, 6) is 1.17. The van der Waals surface area contributed by atoms with Gasteiger partial charge >= 0.3 is 0 Å². The van der Waals surface area contributed by atoms with Crippen LogP contribution < -0.4 is 10.1 Å². The van der Waals surface area contributed by atoms with Crippen LogP contribution in [0.2, 0.25) is 0 Å². The van der Waals surface area contributed by atoms with Crippen molar-refractivity contribution >= 4 is 34.3 Å². The fraction of sp³-hybridized carbons (Fsp3) is 0.143. The van der Waals surface area contributed by atoms with E-state index in [1.807, 2.05) is 30.3 Å². The molecule has 1 aromatic heterocycles. The molecule has 0 saturated heterocycles. The van der Waals surface area contributed by atoms with Crippen LogP contribution in [0.4, 0.5) is 5.82 Å². The number of halogens is 1. The van der Waals surface area contributed by atoms with Crippen molar-refractivity contribution in [3.63, 3.8) is 0 Å². The molecule has 1 aliphatic heterocycles. The highest BCUT2D eigenvalue weighted by Crippen LogP contribution is 2.28. The molecular weight excluding hydrogens is 355 g/mol. The summed E-state index contributed by atoms with van der Waals surface area (Å²) in [7, 11) is 0. The van der Waals surface area contributed by atoms with Crippen LogP contribution >= 0.6 is 22.6 Å². The van der Waals surface area contributed by atoms with Crippen LogP contribution in [-0.4, -0.2) is 17.0 Å². The van der Waals surface area contributed by atoms with Crippen molar-refractivity contribution in [2.24, 2.45) is 0 Å². The van der Waals surface area contributed by atoms with E-state index in [9.17, 15) is 4.79 Å². The van der Waals surface area contributed by atoms with Crippen molar-refractivity contribution < 1.29 is 9.53 Å². The third-order valence-corrected chi connectivity index (χ3v) is 3.56. The number of fused-ring (bicyclic) bond motifs is 1. The number of pyridine rings is 1. The number of hydrogen-bond donors (Lipinski definition) is 1. The molecule has 0 fully saturated rings. The number of carbonyl (C=O) groups is 1. The first-order valence-corrected chi connectivity index (χ1v) is 6.97. The Labute approximate surface area is 124 Å². The minimum Gasteiger partial charge on any atom is -0.480 e. The van der Waals surface area contributed by atoms with Crippen LogP contribution in [0.15, 0.2) is 42.6 Å². The molecule has 0 aliphatic carbocycles. The number of anilines is 1. The van der Waals surface area contributed by atoms with Gasteiger partial charge in [0.25, 0.3) is 5.91 Å². The maximum Gasteiger partial charge on any atom is 0.266 e. The quantitative estimate of drug-likeness (QED) is 0.832. The summed E-state index contributed by atoms with van der Waals surface area (Å²) in [5.41, 5.74) is 1.07. The van der Waals surface area contributed by atoms with Gasteiger partial charge in [0.1, 0.15) is 11.6 Å². The predicted octanol–water partition coefficient (Wildman–Crippen LogP) is 2.63. The van der Waals surface area contributed by atoms with Gasteiger partial charge in [0.2, 0.25) is 0 Å². The summed E-state index contributed by atoms with van der Waals surface area (Å²) in [6.45, 7) is 0. The second-order valence-electron chi connectivity index (χ2n) is 4.27. The number of benzene rings is 1. The van der Waals surface area contributed by atoms with Crippen molar-refractivity contribution in [2.45, 2.75) is 12.5 Å². The van der Waals surface area contributed by atoms with Crippen molar-refractivity contribution in [1.82, 2.24) is 4.98 Å². The fourth-order valence-electron chi connectivity index (χ4n) is 1.98. The van der Waals surface area contributed by atoms with Crippen LogP contribution in [0.1, 0.15) is 5.56 Å². The summed E-state index contributed by atoms with van der Waals surface area (Å²) in [6, 6.07) is 11.4. The maximum atomic E-state index is 12.1. The first-order valence-electron chi connectivity index (χ1n) is 5.89. The summed E-state index contributed by atoms with van der Waals surface area (Å²) >= 11 is 2.17. The Hall–Kier alpha value is -1.63. The highest BCUT2D eigenvalue weighted by molar-refractivity contribution is 14.1. The lowest BCUT2D eigenvalue weighted by atomic mass is 10.1. The molecule has 1 atom stereocenters.